The summed E-state index contributed by atoms with van der Waals surface area (Å²) in [4.78, 5) is 11.8. The first kappa shape index (κ1) is 20.5. The Morgan fingerprint density at radius 2 is 1.29 bits per heavy atom. The van der Waals surface area contributed by atoms with Crippen LogP contribution in [0, 0.1) is 5.92 Å². The van der Waals surface area contributed by atoms with Crippen molar-refractivity contribution >= 4 is 5.97 Å². The standard InChI is InChI=1S/C19H38O2/c1-4-7-10-11-12-13-16-19(20)21-17-18(14-8-5-2)15-9-6-3/h18H,4-17H2,1-3H3. The van der Waals surface area contributed by atoms with Gasteiger partial charge in [0.15, 0.2) is 0 Å². The molecule has 0 saturated carbocycles. The summed E-state index contributed by atoms with van der Waals surface area (Å²) in [6.07, 6.45) is 15.3. The molecule has 0 aromatic heterocycles. The van der Waals surface area contributed by atoms with E-state index in [4.69, 9.17) is 4.74 Å². The Morgan fingerprint density at radius 1 is 0.762 bits per heavy atom. The molecule has 126 valence electrons. The predicted octanol–water partition coefficient (Wildman–Crippen LogP) is 6.28. The van der Waals surface area contributed by atoms with Crippen LogP contribution in [0.3, 0.4) is 0 Å². The van der Waals surface area contributed by atoms with Crippen molar-refractivity contribution in [3.05, 3.63) is 0 Å². The zero-order valence-electron chi connectivity index (χ0n) is 14.8. The molecule has 0 aliphatic carbocycles. The molecule has 2 heteroatoms. The largest absolute Gasteiger partial charge is 0.465 e. The molecule has 21 heavy (non-hydrogen) atoms. The van der Waals surface area contributed by atoms with E-state index in [1.165, 1.54) is 70.6 Å². The van der Waals surface area contributed by atoms with Crippen molar-refractivity contribution in [2.45, 2.75) is 104 Å². The van der Waals surface area contributed by atoms with Crippen LogP contribution in [0.4, 0.5) is 0 Å². The Labute approximate surface area is 133 Å². The van der Waals surface area contributed by atoms with Gasteiger partial charge in [0, 0.05) is 6.42 Å². The van der Waals surface area contributed by atoms with Gasteiger partial charge in [-0.25, -0.2) is 0 Å². The Kier molecular flexibility index (Phi) is 15.5. The molecule has 0 N–H and O–H groups in total. The van der Waals surface area contributed by atoms with Gasteiger partial charge in [-0.05, 0) is 25.2 Å². The van der Waals surface area contributed by atoms with E-state index in [-0.39, 0.29) is 5.97 Å². The Morgan fingerprint density at radius 3 is 1.86 bits per heavy atom. The fraction of sp³-hybridized carbons (Fsp3) is 0.947. The highest BCUT2D eigenvalue weighted by Crippen LogP contribution is 2.17. The van der Waals surface area contributed by atoms with Crippen LogP contribution in [0.1, 0.15) is 104 Å². The third-order valence-corrected chi connectivity index (χ3v) is 4.15. The number of hydrogen-bond donors (Lipinski definition) is 0. The number of rotatable bonds is 15. The van der Waals surface area contributed by atoms with Gasteiger partial charge in [0.25, 0.3) is 0 Å². The molecule has 2 nitrogen and oxygen atoms in total. The van der Waals surface area contributed by atoms with Crippen LogP contribution < -0.4 is 0 Å². The minimum Gasteiger partial charge on any atom is -0.465 e. The molecule has 0 fully saturated rings. The average molecular weight is 299 g/mol. The summed E-state index contributed by atoms with van der Waals surface area (Å²) >= 11 is 0. The van der Waals surface area contributed by atoms with Gasteiger partial charge >= 0.3 is 5.97 Å². The van der Waals surface area contributed by atoms with Gasteiger partial charge in [0.05, 0.1) is 6.61 Å². The van der Waals surface area contributed by atoms with Crippen molar-refractivity contribution in [2.75, 3.05) is 6.61 Å². The van der Waals surface area contributed by atoms with Crippen LogP contribution in [-0.4, -0.2) is 12.6 Å². The zero-order chi connectivity index (χ0) is 15.8. The summed E-state index contributed by atoms with van der Waals surface area (Å²) in [5.41, 5.74) is 0. The maximum absolute atomic E-state index is 11.8. The smallest absolute Gasteiger partial charge is 0.305 e. The molecule has 0 aromatic rings. The Bertz CT molecular complexity index is 218. The molecule has 0 radical (unpaired) electrons. The number of unbranched alkanes of at least 4 members (excludes halogenated alkanes) is 7. The fourth-order valence-corrected chi connectivity index (χ4v) is 2.63. The molecule has 0 spiro atoms. The highest BCUT2D eigenvalue weighted by Gasteiger charge is 2.11. The highest BCUT2D eigenvalue weighted by atomic mass is 16.5. The number of hydrogen-bond acceptors (Lipinski definition) is 2. The summed E-state index contributed by atoms with van der Waals surface area (Å²) in [5, 5.41) is 0. The van der Waals surface area contributed by atoms with E-state index in [1.54, 1.807) is 0 Å². The molecule has 0 bridgehead atoms. The van der Waals surface area contributed by atoms with Crippen LogP contribution in [0.2, 0.25) is 0 Å². The van der Waals surface area contributed by atoms with Gasteiger partial charge in [-0.1, -0.05) is 78.6 Å². The first-order valence-corrected chi connectivity index (χ1v) is 9.40. The number of ether oxygens (including phenoxy) is 1. The normalized spacial score (nSPS) is 11.0. The molecule has 0 saturated heterocycles. The maximum Gasteiger partial charge on any atom is 0.305 e. The van der Waals surface area contributed by atoms with E-state index in [1.807, 2.05) is 0 Å². The minimum atomic E-state index is 0.0171. The van der Waals surface area contributed by atoms with Crippen molar-refractivity contribution in [2.24, 2.45) is 5.92 Å². The van der Waals surface area contributed by atoms with E-state index in [0.717, 1.165) is 6.42 Å². The molecule has 0 atom stereocenters. The van der Waals surface area contributed by atoms with Crippen LogP contribution in [-0.2, 0) is 9.53 Å². The second-order valence-corrected chi connectivity index (χ2v) is 6.35. The third-order valence-electron chi connectivity index (χ3n) is 4.15. The van der Waals surface area contributed by atoms with Gasteiger partial charge in [-0.2, -0.15) is 0 Å². The maximum atomic E-state index is 11.8. The number of esters is 1. The lowest BCUT2D eigenvalue weighted by Crippen LogP contribution is -2.14. The molecular weight excluding hydrogens is 260 g/mol. The third kappa shape index (κ3) is 14.2. The number of carbonyl (C=O) groups is 1. The second-order valence-electron chi connectivity index (χ2n) is 6.35. The van der Waals surface area contributed by atoms with Crippen LogP contribution in [0.25, 0.3) is 0 Å². The second kappa shape index (κ2) is 15.9. The highest BCUT2D eigenvalue weighted by molar-refractivity contribution is 5.69. The molecular formula is C19H38O2. The first-order valence-electron chi connectivity index (χ1n) is 9.40. The summed E-state index contributed by atoms with van der Waals surface area (Å²) < 4.78 is 5.49. The first-order chi connectivity index (χ1) is 10.2. The van der Waals surface area contributed by atoms with Gasteiger partial charge < -0.3 is 4.74 Å². The average Bonchev–Trinajstić information content (AvgIpc) is 2.50. The molecule has 0 rings (SSSR count). The molecule has 0 aliphatic rings. The summed E-state index contributed by atoms with van der Waals surface area (Å²) in [6.45, 7) is 7.32. The van der Waals surface area contributed by atoms with Crippen molar-refractivity contribution in [1.82, 2.24) is 0 Å². The number of carbonyl (C=O) groups excluding carboxylic acids is 1. The predicted molar refractivity (Wildman–Crippen MR) is 91.5 cm³/mol. The van der Waals surface area contributed by atoms with Gasteiger partial charge in [-0.3, -0.25) is 4.79 Å². The summed E-state index contributed by atoms with van der Waals surface area (Å²) in [6, 6.07) is 0. The Balaban J connectivity index is 3.65. The SMILES string of the molecule is CCCCCCCCC(=O)OCC(CCCC)CCCC. The van der Waals surface area contributed by atoms with Crippen molar-refractivity contribution in [3.8, 4) is 0 Å². The summed E-state index contributed by atoms with van der Waals surface area (Å²) in [7, 11) is 0. The fourth-order valence-electron chi connectivity index (χ4n) is 2.63. The van der Waals surface area contributed by atoms with Crippen molar-refractivity contribution < 1.29 is 9.53 Å². The van der Waals surface area contributed by atoms with Crippen LogP contribution >= 0.6 is 0 Å². The Hall–Kier alpha value is -0.530. The van der Waals surface area contributed by atoms with Gasteiger partial charge in [0.1, 0.15) is 0 Å². The van der Waals surface area contributed by atoms with E-state index < -0.39 is 0 Å². The van der Waals surface area contributed by atoms with Gasteiger partial charge in [-0.15, -0.1) is 0 Å². The van der Waals surface area contributed by atoms with E-state index in [2.05, 4.69) is 20.8 Å². The van der Waals surface area contributed by atoms with Crippen molar-refractivity contribution in [1.29, 1.82) is 0 Å². The molecule has 0 aromatic carbocycles. The lowest BCUT2D eigenvalue weighted by Gasteiger charge is -2.16. The lowest BCUT2D eigenvalue weighted by molar-refractivity contribution is -0.145. The zero-order valence-corrected chi connectivity index (χ0v) is 14.8. The molecule has 0 unspecified atom stereocenters. The van der Waals surface area contributed by atoms with E-state index in [9.17, 15) is 4.79 Å². The van der Waals surface area contributed by atoms with Crippen molar-refractivity contribution in [3.63, 3.8) is 0 Å². The van der Waals surface area contributed by atoms with E-state index >= 15 is 0 Å². The molecule has 0 aliphatic heterocycles. The quantitative estimate of drug-likeness (QED) is 0.263. The van der Waals surface area contributed by atoms with Crippen LogP contribution in [0.15, 0.2) is 0 Å². The molecule has 0 amide bonds. The van der Waals surface area contributed by atoms with Crippen LogP contribution in [0.5, 0.6) is 0 Å². The van der Waals surface area contributed by atoms with E-state index in [0.29, 0.717) is 18.9 Å². The monoisotopic (exact) mass is 298 g/mol. The summed E-state index contributed by atoms with van der Waals surface area (Å²) in [5.74, 6) is 0.599. The lowest BCUT2D eigenvalue weighted by atomic mass is 9.97. The van der Waals surface area contributed by atoms with Gasteiger partial charge in [0.2, 0.25) is 0 Å². The minimum absolute atomic E-state index is 0.0171. The topological polar surface area (TPSA) is 26.3 Å². The molecule has 0 heterocycles.